The van der Waals surface area contributed by atoms with Crippen LogP contribution in [0, 0.1) is 0 Å². The first kappa shape index (κ1) is 36.5. The van der Waals surface area contributed by atoms with Crippen molar-refractivity contribution in [1.29, 1.82) is 0 Å². The van der Waals surface area contributed by atoms with Gasteiger partial charge in [-0.25, -0.2) is 28.9 Å². The molecular weight excluding hydrogens is 701 g/mol. The fourth-order valence-electron chi connectivity index (χ4n) is 5.08. The number of imidazole rings is 1. The second kappa shape index (κ2) is 15.0. The fraction of sp³-hybridized carbons (Fsp3) is 0.583. The molecule has 5 rings (SSSR count). The summed E-state index contributed by atoms with van der Waals surface area (Å²) in [5.41, 5.74) is 9.08. The minimum absolute atomic E-state index is 0.0896. The molecule has 3 aromatic heterocycles. The van der Waals surface area contributed by atoms with E-state index >= 15 is 0 Å². The molecule has 3 unspecified atom stereocenters. The summed E-state index contributed by atoms with van der Waals surface area (Å²) >= 11 is 0. The van der Waals surface area contributed by atoms with Crippen LogP contribution in [0.5, 0.6) is 0 Å². The number of hydrogen-bond acceptors (Lipinski definition) is 21. The lowest BCUT2D eigenvalue weighted by atomic mass is 10.1. The highest BCUT2D eigenvalue weighted by atomic mass is 31.2. The van der Waals surface area contributed by atoms with E-state index in [9.17, 15) is 38.8 Å². The number of aromatic amines is 1. The first-order valence-electron chi connectivity index (χ1n) is 14.6. The van der Waals surface area contributed by atoms with Crippen molar-refractivity contribution < 1.29 is 66.7 Å². The number of hydrogen-bond donors (Lipinski definition) is 6. The molecule has 0 amide bonds. The number of anilines is 2. The van der Waals surface area contributed by atoms with Crippen molar-refractivity contribution in [1.82, 2.24) is 34.1 Å². The standard InChI is InChI=1S/C24H32N9O16P/c1-3-42-23(38)47-14-12(35)10(46-18(14)32-7-27-11-16(32)29-21(26)30-17(11)36)6-44-50(40,41)49-13-9(5-34)45-19(15(13)48-24(39)43-4-2)33-8-28-20(25)31-22(33)37/h7-10,12-15,18-19,34-35H,3-6H2,1-2H3,(H,40,41)(H2,25,31,37)(H3,26,29,30,36)/t9-,10-,12?,13?,14+,15+,18-,19-/m1/s1. The molecule has 0 aromatic carbocycles. The Morgan fingerprint density at radius 2 is 1.58 bits per heavy atom. The zero-order valence-corrected chi connectivity index (χ0v) is 26.9. The van der Waals surface area contributed by atoms with Gasteiger partial charge in [0.15, 0.2) is 35.8 Å². The number of carbonyl (C=O) groups excluding carboxylic acids is 2. The highest BCUT2D eigenvalue weighted by molar-refractivity contribution is 7.47. The predicted molar refractivity (Wildman–Crippen MR) is 159 cm³/mol. The molecule has 0 spiro atoms. The van der Waals surface area contributed by atoms with E-state index in [1.165, 1.54) is 13.8 Å². The van der Waals surface area contributed by atoms with Crippen molar-refractivity contribution in [3.8, 4) is 0 Å². The number of ether oxygens (including phenoxy) is 6. The number of nitrogens with one attached hydrogen (secondary N) is 1. The number of nitrogen functional groups attached to an aromatic ring is 2. The van der Waals surface area contributed by atoms with E-state index in [1.807, 2.05) is 0 Å². The molecule has 25 nitrogen and oxygen atoms in total. The molecular formula is C24H32N9O16P. The number of fused-ring (bicyclic) bond motifs is 1. The highest BCUT2D eigenvalue weighted by Gasteiger charge is 2.53. The Hall–Kier alpha value is -4.75. The van der Waals surface area contributed by atoms with Gasteiger partial charge in [0.1, 0.15) is 30.7 Å². The van der Waals surface area contributed by atoms with Gasteiger partial charge in [0.25, 0.3) is 5.56 Å². The summed E-state index contributed by atoms with van der Waals surface area (Å²) in [6, 6.07) is 0. The summed E-state index contributed by atoms with van der Waals surface area (Å²) in [5.74, 6) is -0.683. The molecule has 3 aromatic rings. The number of rotatable bonds is 12. The number of H-pyrrole nitrogens is 1. The van der Waals surface area contributed by atoms with Gasteiger partial charge < -0.3 is 55.0 Å². The van der Waals surface area contributed by atoms with Crippen molar-refractivity contribution in [3.63, 3.8) is 0 Å². The second-order valence-corrected chi connectivity index (χ2v) is 11.8. The van der Waals surface area contributed by atoms with Crippen molar-refractivity contribution in [2.45, 2.75) is 62.9 Å². The Morgan fingerprint density at radius 1 is 0.960 bits per heavy atom. The maximum Gasteiger partial charge on any atom is 0.508 e. The Bertz CT molecular complexity index is 1870. The summed E-state index contributed by atoms with van der Waals surface area (Å²) in [4.78, 5) is 77.5. The molecule has 0 radical (unpaired) electrons. The van der Waals surface area contributed by atoms with Crippen LogP contribution in [0.4, 0.5) is 21.5 Å². The van der Waals surface area contributed by atoms with Crippen LogP contribution in [-0.4, -0.2) is 125 Å². The summed E-state index contributed by atoms with van der Waals surface area (Å²) in [5, 5.41) is 21.1. The van der Waals surface area contributed by atoms with Gasteiger partial charge in [-0.15, -0.1) is 0 Å². The average Bonchev–Trinajstić information content (AvgIpc) is 3.70. The van der Waals surface area contributed by atoms with Crippen LogP contribution in [-0.2, 0) is 42.0 Å². The minimum Gasteiger partial charge on any atom is -0.435 e. The molecule has 2 fully saturated rings. The van der Waals surface area contributed by atoms with Gasteiger partial charge in [0.05, 0.1) is 32.8 Å². The van der Waals surface area contributed by atoms with Crippen LogP contribution >= 0.6 is 7.82 Å². The number of phosphoric ester groups is 1. The van der Waals surface area contributed by atoms with Crippen LogP contribution in [0.2, 0.25) is 0 Å². The lowest BCUT2D eigenvalue weighted by Gasteiger charge is -2.26. The second-order valence-electron chi connectivity index (χ2n) is 10.3. The van der Waals surface area contributed by atoms with Crippen LogP contribution < -0.4 is 22.7 Å². The number of nitrogens with zero attached hydrogens (tertiary/aromatic N) is 6. The molecule has 5 heterocycles. The maximum atomic E-state index is 13.3. The summed E-state index contributed by atoms with van der Waals surface area (Å²) in [6.07, 6.45) is -13.5. The number of phosphoric acid groups is 1. The van der Waals surface area contributed by atoms with Gasteiger partial charge in [-0.05, 0) is 13.8 Å². The van der Waals surface area contributed by atoms with Gasteiger partial charge in [-0.1, -0.05) is 0 Å². The van der Waals surface area contributed by atoms with E-state index in [2.05, 4.69) is 24.9 Å². The van der Waals surface area contributed by atoms with Crippen molar-refractivity contribution in [3.05, 3.63) is 33.5 Å². The molecule has 0 saturated carbocycles. The number of nitrogens with two attached hydrogens (primary N) is 2. The van der Waals surface area contributed by atoms with Gasteiger partial charge in [0.2, 0.25) is 11.9 Å². The molecule has 2 aliphatic rings. The third kappa shape index (κ3) is 7.68. The van der Waals surface area contributed by atoms with Crippen LogP contribution in [0.25, 0.3) is 11.2 Å². The summed E-state index contributed by atoms with van der Waals surface area (Å²) in [6.45, 7) is 0.948. The Morgan fingerprint density at radius 3 is 2.22 bits per heavy atom. The molecule has 9 atom stereocenters. The summed E-state index contributed by atoms with van der Waals surface area (Å²) < 4.78 is 57.1. The van der Waals surface area contributed by atoms with Crippen molar-refractivity contribution in [2.24, 2.45) is 0 Å². The van der Waals surface area contributed by atoms with Crippen LogP contribution in [0.1, 0.15) is 26.3 Å². The molecule has 2 aliphatic heterocycles. The van der Waals surface area contributed by atoms with E-state index < -0.39 is 99.6 Å². The number of aliphatic hydroxyl groups excluding tert-OH is 2. The van der Waals surface area contributed by atoms with Gasteiger partial charge in [0, 0.05) is 0 Å². The largest absolute Gasteiger partial charge is 0.508 e. The smallest absolute Gasteiger partial charge is 0.435 e. The molecule has 8 N–H and O–H groups in total. The van der Waals surface area contributed by atoms with E-state index in [0.717, 1.165) is 21.8 Å². The molecule has 274 valence electrons. The molecule has 0 bridgehead atoms. The quantitative estimate of drug-likeness (QED) is 0.0839. The third-order valence-electron chi connectivity index (χ3n) is 7.17. The first-order chi connectivity index (χ1) is 23.8. The van der Waals surface area contributed by atoms with E-state index in [-0.39, 0.29) is 30.3 Å². The molecule has 2 saturated heterocycles. The maximum absolute atomic E-state index is 13.3. The van der Waals surface area contributed by atoms with Crippen molar-refractivity contribution in [2.75, 3.05) is 37.9 Å². The molecule has 0 aliphatic carbocycles. The first-order valence-corrected chi connectivity index (χ1v) is 16.1. The molecule has 26 heteroatoms. The summed E-state index contributed by atoms with van der Waals surface area (Å²) in [7, 11) is -5.27. The Balaban J connectivity index is 1.37. The van der Waals surface area contributed by atoms with E-state index in [4.69, 9.17) is 48.9 Å². The topological polar surface area (TPSA) is 349 Å². The van der Waals surface area contributed by atoms with Gasteiger partial charge >= 0.3 is 25.8 Å². The third-order valence-corrected chi connectivity index (χ3v) is 8.15. The minimum atomic E-state index is -5.27. The normalized spacial score (nSPS) is 27.5. The van der Waals surface area contributed by atoms with Crippen LogP contribution in [0.3, 0.4) is 0 Å². The highest BCUT2D eigenvalue weighted by Crippen LogP contribution is 2.50. The average molecular weight is 734 g/mol. The Kier molecular flexibility index (Phi) is 11.0. The lowest BCUT2D eigenvalue weighted by molar-refractivity contribution is -0.0671. The zero-order valence-electron chi connectivity index (χ0n) is 26.0. The number of aromatic nitrogens is 7. The molecule has 50 heavy (non-hydrogen) atoms. The van der Waals surface area contributed by atoms with E-state index in [1.54, 1.807) is 0 Å². The number of carbonyl (C=O) groups is 2. The monoisotopic (exact) mass is 733 g/mol. The Labute approximate surface area is 278 Å². The van der Waals surface area contributed by atoms with Crippen LogP contribution in [0.15, 0.2) is 22.2 Å². The SMILES string of the molecule is CCOC(=O)O[C@H]1C(OP(=O)(O)OC[C@H]2O[C@@H](n3cnc4c(=O)[nH]c(N)nc43)[C@@H](OC(=O)OCC)C2O)[C@@H](CO)O[C@H]1n1cnc(N)nc1=O. The van der Waals surface area contributed by atoms with Gasteiger partial charge in [-0.2, -0.15) is 9.97 Å². The zero-order chi connectivity index (χ0) is 36.3. The van der Waals surface area contributed by atoms with Gasteiger partial charge in [-0.3, -0.25) is 28.0 Å². The number of aliphatic hydroxyl groups is 2. The van der Waals surface area contributed by atoms with E-state index in [0.29, 0.717) is 0 Å². The lowest BCUT2D eigenvalue weighted by Crippen LogP contribution is -2.41. The van der Waals surface area contributed by atoms with Crippen molar-refractivity contribution >= 4 is 43.2 Å². The predicted octanol–water partition coefficient (Wildman–Crippen LogP) is -2.33. The fourth-order valence-corrected chi connectivity index (χ4v) is 6.04.